The number of rotatable bonds is 4. The van der Waals surface area contributed by atoms with Gasteiger partial charge in [-0.15, -0.1) is 11.3 Å². The number of fused-ring (bicyclic) bond motifs is 1. The minimum Gasteiger partial charge on any atom is -0.313 e. The third-order valence-corrected chi connectivity index (χ3v) is 3.64. The van der Waals surface area contributed by atoms with Crippen molar-refractivity contribution >= 4 is 33.5 Å². The second kappa shape index (κ2) is 4.49. The Kier molecular flexibility index (Phi) is 3.05. The van der Waals surface area contributed by atoms with Gasteiger partial charge in [-0.3, -0.25) is 4.98 Å². The second-order valence-corrected chi connectivity index (χ2v) is 4.61. The normalized spacial score (nSPS) is 12.6. The van der Waals surface area contributed by atoms with E-state index < -0.39 is 0 Å². The van der Waals surface area contributed by atoms with E-state index in [0.29, 0.717) is 12.1 Å². The van der Waals surface area contributed by atoms with Gasteiger partial charge in [0.2, 0.25) is 0 Å². The van der Waals surface area contributed by atoms with Gasteiger partial charge in [0.15, 0.2) is 0 Å². The van der Waals surface area contributed by atoms with Gasteiger partial charge in [0, 0.05) is 30.5 Å². The Bertz CT molecular complexity index is 499. The zero-order valence-electron chi connectivity index (χ0n) is 8.90. The van der Waals surface area contributed by atoms with Crippen molar-refractivity contribution < 1.29 is 0 Å². The van der Waals surface area contributed by atoms with Crippen LogP contribution in [0.3, 0.4) is 0 Å². The molecule has 2 rings (SSSR count). The van der Waals surface area contributed by atoms with E-state index >= 15 is 0 Å². The molecule has 0 aliphatic heterocycles. The van der Waals surface area contributed by atoms with Gasteiger partial charge in [-0.1, -0.05) is 6.92 Å². The van der Waals surface area contributed by atoms with Gasteiger partial charge in [-0.05, 0) is 6.07 Å². The predicted molar refractivity (Wildman–Crippen MR) is 67.0 cm³/mol. The lowest BCUT2D eigenvalue weighted by Gasteiger charge is -2.06. The summed E-state index contributed by atoms with van der Waals surface area (Å²) < 4.78 is 1.10. The lowest BCUT2D eigenvalue weighted by atomic mass is 10.0. The summed E-state index contributed by atoms with van der Waals surface area (Å²) in [4.78, 5) is 8.48. The summed E-state index contributed by atoms with van der Waals surface area (Å²) in [6.07, 6.45) is 5.14. The standard InChI is InChI=1S/C11H12N4S/c1-7(8(13)2-4-12)11-15-9-6-14-5-3-10(9)16-11/h3-7,12-13H,2H2,1H3. The summed E-state index contributed by atoms with van der Waals surface area (Å²) in [5, 5.41) is 15.7. The molecule has 0 saturated heterocycles. The quantitative estimate of drug-likeness (QED) is 0.795. The highest BCUT2D eigenvalue weighted by molar-refractivity contribution is 7.18. The highest BCUT2D eigenvalue weighted by atomic mass is 32.1. The lowest BCUT2D eigenvalue weighted by molar-refractivity contribution is 0.973. The molecule has 2 aromatic heterocycles. The maximum Gasteiger partial charge on any atom is 0.102 e. The average molecular weight is 232 g/mol. The number of pyridine rings is 1. The second-order valence-electron chi connectivity index (χ2n) is 3.55. The molecule has 0 radical (unpaired) electrons. The molecule has 1 atom stereocenters. The van der Waals surface area contributed by atoms with E-state index in [1.165, 1.54) is 6.21 Å². The molecule has 0 aromatic carbocycles. The summed E-state index contributed by atoms with van der Waals surface area (Å²) in [6, 6.07) is 1.93. The van der Waals surface area contributed by atoms with Crippen molar-refractivity contribution in [2.75, 3.05) is 0 Å². The molecular weight excluding hydrogens is 220 g/mol. The number of aromatic nitrogens is 2. The zero-order chi connectivity index (χ0) is 11.5. The van der Waals surface area contributed by atoms with E-state index in [1.807, 2.05) is 13.0 Å². The van der Waals surface area contributed by atoms with Crippen molar-refractivity contribution in [3.63, 3.8) is 0 Å². The van der Waals surface area contributed by atoms with Crippen LogP contribution in [-0.4, -0.2) is 21.9 Å². The Morgan fingerprint density at radius 2 is 2.44 bits per heavy atom. The van der Waals surface area contributed by atoms with Gasteiger partial charge in [-0.2, -0.15) is 0 Å². The van der Waals surface area contributed by atoms with Crippen LogP contribution in [-0.2, 0) is 0 Å². The van der Waals surface area contributed by atoms with Crippen LogP contribution in [0, 0.1) is 10.8 Å². The van der Waals surface area contributed by atoms with E-state index in [0.717, 1.165) is 15.2 Å². The Morgan fingerprint density at radius 1 is 1.62 bits per heavy atom. The maximum absolute atomic E-state index is 7.81. The van der Waals surface area contributed by atoms with Gasteiger partial charge in [0.25, 0.3) is 0 Å². The molecule has 5 heteroatoms. The molecule has 1 unspecified atom stereocenters. The SMILES string of the molecule is CC(C(=N)CC=N)c1nc2cnccc2s1. The number of hydrogen-bond donors (Lipinski definition) is 2. The minimum atomic E-state index is -0.0148. The lowest BCUT2D eigenvalue weighted by Crippen LogP contribution is -2.07. The van der Waals surface area contributed by atoms with Gasteiger partial charge >= 0.3 is 0 Å². The van der Waals surface area contributed by atoms with E-state index in [2.05, 4.69) is 9.97 Å². The van der Waals surface area contributed by atoms with E-state index in [9.17, 15) is 0 Å². The fourth-order valence-electron chi connectivity index (χ4n) is 1.42. The third kappa shape index (κ3) is 1.99. The molecular formula is C11H12N4S. The first-order valence-electron chi connectivity index (χ1n) is 4.99. The average Bonchev–Trinajstić information content (AvgIpc) is 2.71. The highest BCUT2D eigenvalue weighted by Gasteiger charge is 2.15. The predicted octanol–water partition coefficient (Wildman–Crippen LogP) is 2.85. The number of nitrogens with zero attached hydrogens (tertiary/aromatic N) is 2. The van der Waals surface area contributed by atoms with E-state index in [-0.39, 0.29) is 5.92 Å². The molecule has 0 amide bonds. The third-order valence-electron chi connectivity index (χ3n) is 2.42. The Hall–Kier alpha value is -1.62. The van der Waals surface area contributed by atoms with Crippen LogP contribution < -0.4 is 0 Å². The summed E-state index contributed by atoms with van der Waals surface area (Å²) in [5.41, 5.74) is 1.42. The minimum absolute atomic E-state index is 0.0148. The van der Waals surface area contributed by atoms with Crippen molar-refractivity contribution in [1.82, 2.24) is 9.97 Å². The summed E-state index contributed by atoms with van der Waals surface area (Å²) in [5.74, 6) is -0.0148. The van der Waals surface area contributed by atoms with Crippen LogP contribution in [0.2, 0.25) is 0 Å². The van der Waals surface area contributed by atoms with Gasteiger partial charge in [-0.25, -0.2) is 4.98 Å². The fourth-order valence-corrected chi connectivity index (χ4v) is 2.44. The molecule has 0 spiro atoms. The highest BCUT2D eigenvalue weighted by Crippen LogP contribution is 2.27. The Morgan fingerprint density at radius 3 is 3.12 bits per heavy atom. The molecule has 2 N–H and O–H groups in total. The molecule has 2 heterocycles. The molecule has 0 aliphatic carbocycles. The Labute approximate surface area is 97.4 Å². The molecule has 4 nitrogen and oxygen atoms in total. The van der Waals surface area contributed by atoms with Crippen LogP contribution in [0.4, 0.5) is 0 Å². The monoisotopic (exact) mass is 232 g/mol. The van der Waals surface area contributed by atoms with Crippen molar-refractivity contribution in [3.8, 4) is 0 Å². The molecule has 0 fully saturated rings. The molecule has 0 saturated carbocycles. The van der Waals surface area contributed by atoms with Gasteiger partial charge < -0.3 is 10.8 Å². The number of hydrogen-bond acceptors (Lipinski definition) is 5. The van der Waals surface area contributed by atoms with Crippen molar-refractivity contribution in [3.05, 3.63) is 23.5 Å². The fraction of sp³-hybridized carbons (Fsp3) is 0.273. The smallest absolute Gasteiger partial charge is 0.102 e. The first kappa shape index (κ1) is 10.9. The largest absolute Gasteiger partial charge is 0.313 e. The van der Waals surface area contributed by atoms with Crippen LogP contribution in [0.5, 0.6) is 0 Å². The Balaban J connectivity index is 2.32. The maximum atomic E-state index is 7.81. The van der Waals surface area contributed by atoms with Crippen LogP contribution in [0.25, 0.3) is 10.2 Å². The first-order valence-corrected chi connectivity index (χ1v) is 5.80. The van der Waals surface area contributed by atoms with Crippen molar-refractivity contribution in [1.29, 1.82) is 10.8 Å². The zero-order valence-corrected chi connectivity index (χ0v) is 9.71. The van der Waals surface area contributed by atoms with Gasteiger partial charge in [0.05, 0.1) is 16.4 Å². The van der Waals surface area contributed by atoms with E-state index in [4.69, 9.17) is 10.8 Å². The van der Waals surface area contributed by atoms with Crippen LogP contribution in [0.1, 0.15) is 24.3 Å². The van der Waals surface area contributed by atoms with Crippen LogP contribution in [0.15, 0.2) is 18.5 Å². The molecule has 2 aromatic rings. The summed E-state index contributed by atoms with van der Waals surface area (Å²) in [7, 11) is 0. The summed E-state index contributed by atoms with van der Waals surface area (Å²) in [6.45, 7) is 1.96. The van der Waals surface area contributed by atoms with Gasteiger partial charge in [0.1, 0.15) is 5.01 Å². The van der Waals surface area contributed by atoms with E-state index in [1.54, 1.807) is 23.7 Å². The molecule has 82 valence electrons. The number of nitrogens with one attached hydrogen (secondary N) is 2. The van der Waals surface area contributed by atoms with Crippen LogP contribution >= 0.6 is 11.3 Å². The van der Waals surface area contributed by atoms with Crippen molar-refractivity contribution in [2.24, 2.45) is 0 Å². The molecule has 0 bridgehead atoms. The number of thiazole rings is 1. The summed E-state index contributed by atoms with van der Waals surface area (Å²) >= 11 is 1.59. The van der Waals surface area contributed by atoms with Crippen molar-refractivity contribution in [2.45, 2.75) is 19.3 Å². The molecule has 16 heavy (non-hydrogen) atoms. The topological polar surface area (TPSA) is 73.5 Å². The first-order chi connectivity index (χ1) is 7.72. The molecule has 0 aliphatic rings.